The van der Waals surface area contributed by atoms with E-state index >= 15 is 0 Å². The molecule has 2 nitrogen and oxygen atoms in total. The molecule has 96 valence electrons. The molecule has 1 aromatic rings. The topological polar surface area (TPSA) is 21.3 Å². The lowest BCUT2D eigenvalue weighted by molar-refractivity contribution is 0.116. The van der Waals surface area contributed by atoms with Gasteiger partial charge in [-0.05, 0) is 24.0 Å². The van der Waals surface area contributed by atoms with E-state index in [1.807, 2.05) is 6.07 Å². The summed E-state index contributed by atoms with van der Waals surface area (Å²) in [5, 5.41) is 3.01. The maximum absolute atomic E-state index is 13.2. The molecule has 0 fully saturated rings. The van der Waals surface area contributed by atoms with Crippen LogP contribution in [0.5, 0.6) is 0 Å². The molecule has 0 saturated heterocycles. The number of hydrogen-bond donors (Lipinski definition) is 1. The van der Waals surface area contributed by atoms with E-state index in [0.717, 1.165) is 13.0 Å². The van der Waals surface area contributed by atoms with Crippen LogP contribution in [0.2, 0.25) is 0 Å². The molecule has 1 aromatic carbocycles. The van der Waals surface area contributed by atoms with Crippen molar-refractivity contribution in [2.75, 3.05) is 25.1 Å². The van der Waals surface area contributed by atoms with Crippen molar-refractivity contribution >= 4 is 5.69 Å². The Bertz CT molecular complexity index is 333. The number of nitrogens with one attached hydrogen (secondary N) is 1. The van der Waals surface area contributed by atoms with Crippen LogP contribution < -0.4 is 5.32 Å². The van der Waals surface area contributed by atoms with E-state index in [9.17, 15) is 4.39 Å². The fourth-order valence-corrected chi connectivity index (χ4v) is 1.34. The molecule has 0 aliphatic carbocycles. The third-order valence-electron chi connectivity index (χ3n) is 2.43. The summed E-state index contributed by atoms with van der Waals surface area (Å²) >= 11 is 0. The zero-order valence-electron chi connectivity index (χ0n) is 10.9. The van der Waals surface area contributed by atoms with Gasteiger partial charge in [0.05, 0.1) is 12.3 Å². The highest BCUT2D eigenvalue weighted by atomic mass is 19.1. The van der Waals surface area contributed by atoms with Crippen molar-refractivity contribution in [1.82, 2.24) is 0 Å². The minimum Gasteiger partial charge on any atom is -0.380 e. The predicted octanol–water partition coefficient (Wildman–Crippen LogP) is 3.69. The average molecular weight is 239 g/mol. The molecule has 1 N–H and O–H groups in total. The average Bonchev–Trinajstić information content (AvgIpc) is 2.24. The molecule has 0 aromatic heterocycles. The lowest BCUT2D eigenvalue weighted by Crippen LogP contribution is -2.14. The van der Waals surface area contributed by atoms with Gasteiger partial charge in [0.2, 0.25) is 0 Å². The molecule has 0 unspecified atom stereocenters. The first-order valence-corrected chi connectivity index (χ1v) is 6.05. The van der Waals surface area contributed by atoms with Gasteiger partial charge in [-0.25, -0.2) is 4.39 Å². The first-order chi connectivity index (χ1) is 7.99. The summed E-state index contributed by atoms with van der Waals surface area (Å²) in [6.07, 6.45) is 1.03. The molecule has 0 heterocycles. The highest BCUT2D eigenvalue weighted by Gasteiger charge is 2.08. The molecule has 0 amide bonds. The monoisotopic (exact) mass is 239 g/mol. The predicted molar refractivity (Wildman–Crippen MR) is 69.8 cm³/mol. The van der Waals surface area contributed by atoms with Gasteiger partial charge in [-0.1, -0.05) is 32.9 Å². The van der Waals surface area contributed by atoms with Gasteiger partial charge in [-0.3, -0.25) is 0 Å². The normalized spacial score (nSPS) is 11.5. The second-order valence-corrected chi connectivity index (χ2v) is 5.33. The summed E-state index contributed by atoms with van der Waals surface area (Å²) in [6, 6.07) is 6.67. The highest BCUT2D eigenvalue weighted by Crippen LogP contribution is 2.17. The fraction of sp³-hybridized carbons (Fsp3) is 0.571. The second kappa shape index (κ2) is 6.60. The van der Waals surface area contributed by atoms with E-state index in [4.69, 9.17) is 4.74 Å². The Balaban J connectivity index is 2.11. The van der Waals surface area contributed by atoms with Gasteiger partial charge < -0.3 is 10.1 Å². The van der Waals surface area contributed by atoms with Crippen LogP contribution in [0.15, 0.2) is 24.3 Å². The molecule has 0 spiro atoms. The van der Waals surface area contributed by atoms with Crippen LogP contribution in [0.3, 0.4) is 0 Å². The summed E-state index contributed by atoms with van der Waals surface area (Å²) in [6.45, 7) is 8.55. The quantitative estimate of drug-likeness (QED) is 0.764. The van der Waals surface area contributed by atoms with E-state index < -0.39 is 0 Å². The van der Waals surface area contributed by atoms with Crippen molar-refractivity contribution in [3.05, 3.63) is 30.1 Å². The third kappa shape index (κ3) is 6.27. The molecule has 0 aliphatic heterocycles. The Morgan fingerprint density at radius 3 is 2.53 bits per heavy atom. The highest BCUT2D eigenvalue weighted by molar-refractivity contribution is 5.44. The van der Waals surface area contributed by atoms with Crippen molar-refractivity contribution < 1.29 is 9.13 Å². The number of rotatable bonds is 6. The zero-order valence-corrected chi connectivity index (χ0v) is 10.9. The van der Waals surface area contributed by atoms with Crippen LogP contribution in [0.4, 0.5) is 10.1 Å². The molecule has 3 heteroatoms. The maximum atomic E-state index is 13.2. The first kappa shape index (κ1) is 14.0. The Morgan fingerprint density at radius 1 is 1.18 bits per heavy atom. The van der Waals surface area contributed by atoms with Gasteiger partial charge >= 0.3 is 0 Å². The van der Waals surface area contributed by atoms with E-state index in [0.29, 0.717) is 24.3 Å². The Hall–Kier alpha value is -1.09. The van der Waals surface area contributed by atoms with Gasteiger partial charge in [0.25, 0.3) is 0 Å². The largest absolute Gasteiger partial charge is 0.380 e. The van der Waals surface area contributed by atoms with Gasteiger partial charge in [-0.2, -0.15) is 0 Å². The molecular formula is C14H22FNO. The van der Waals surface area contributed by atoms with Crippen LogP contribution in [-0.2, 0) is 4.74 Å². The van der Waals surface area contributed by atoms with Gasteiger partial charge in [0.15, 0.2) is 0 Å². The van der Waals surface area contributed by atoms with E-state index in [1.165, 1.54) is 6.07 Å². The molecular weight excluding hydrogens is 217 g/mol. The Morgan fingerprint density at radius 2 is 1.88 bits per heavy atom. The number of ether oxygens (including phenoxy) is 1. The molecule has 0 saturated carbocycles. The van der Waals surface area contributed by atoms with Crippen LogP contribution in [-0.4, -0.2) is 19.8 Å². The summed E-state index contributed by atoms with van der Waals surface area (Å²) in [5.74, 6) is -0.220. The number of halogens is 1. The maximum Gasteiger partial charge on any atom is 0.146 e. The fourth-order valence-electron chi connectivity index (χ4n) is 1.34. The smallest absolute Gasteiger partial charge is 0.146 e. The lowest BCUT2D eigenvalue weighted by atomic mass is 9.93. The van der Waals surface area contributed by atoms with Crippen LogP contribution >= 0.6 is 0 Å². The number of anilines is 1. The van der Waals surface area contributed by atoms with Crippen molar-refractivity contribution in [3.63, 3.8) is 0 Å². The first-order valence-electron chi connectivity index (χ1n) is 6.05. The van der Waals surface area contributed by atoms with Gasteiger partial charge in [0.1, 0.15) is 5.82 Å². The van der Waals surface area contributed by atoms with E-state index in [-0.39, 0.29) is 5.82 Å². The van der Waals surface area contributed by atoms with E-state index in [1.54, 1.807) is 12.1 Å². The van der Waals surface area contributed by atoms with Crippen LogP contribution in [0.25, 0.3) is 0 Å². The van der Waals surface area contributed by atoms with Gasteiger partial charge in [0, 0.05) is 13.2 Å². The lowest BCUT2D eigenvalue weighted by Gasteiger charge is -2.17. The SMILES string of the molecule is CC(C)(C)CCOCCNc1ccccc1F. The Kier molecular flexibility index (Phi) is 5.42. The molecule has 0 bridgehead atoms. The number of benzene rings is 1. The number of para-hydroxylation sites is 1. The van der Waals surface area contributed by atoms with Crippen LogP contribution in [0.1, 0.15) is 27.2 Å². The van der Waals surface area contributed by atoms with Crippen LogP contribution in [0, 0.1) is 11.2 Å². The molecule has 1 rings (SSSR count). The summed E-state index contributed by atoms with van der Waals surface area (Å²) in [5.41, 5.74) is 0.839. The molecule has 17 heavy (non-hydrogen) atoms. The zero-order chi connectivity index (χ0) is 12.7. The summed E-state index contributed by atoms with van der Waals surface area (Å²) in [4.78, 5) is 0. The standard InChI is InChI=1S/C14H22FNO/c1-14(2,3)8-10-17-11-9-16-13-7-5-4-6-12(13)15/h4-7,16H,8-11H2,1-3H3. The molecule has 0 atom stereocenters. The van der Waals surface area contributed by atoms with Crippen molar-refractivity contribution in [2.24, 2.45) is 5.41 Å². The minimum absolute atomic E-state index is 0.220. The Labute approximate surface area is 103 Å². The summed E-state index contributed by atoms with van der Waals surface area (Å²) in [7, 11) is 0. The minimum atomic E-state index is -0.220. The third-order valence-corrected chi connectivity index (χ3v) is 2.43. The molecule has 0 radical (unpaired) electrons. The summed E-state index contributed by atoms with van der Waals surface area (Å²) < 4.78 is 18.7. The number of hydrogen-bond acceptors (Lipinski definition) is 2. The van der Waals surface area contributed by atoms with E-state index in [2.05, 4.69) is 26.1 Å². The second-order valence-electron chi connectivity index (χ2n) is 5.33. The molecule has 0 aliphatic rings. The van der Waals surface area contributed by atoms with Crippen molar-refractivity contribution in [3.8, 4) is 0 Å². The van der Waals surface area contributed by atoms with Gasteiger partial charge in [-0.15, -0.1) is 0 Å². The van der Waals surface area contributed by atoms with Crippen molar-refractivity contribution in [1.29, 1.82) is 0 Å². The van der Waals surface area contributed by atoms with Crippen molar-refractivity contribution in [2.45, 2.75) is 27.2 Å².